The molecule has 0 saturated heterocycles. The van der Waals surface area contributed by atoms with Crippen molar-refractivity contribution in [2.75, 3.05) is 38.8 Å². The normalized spacial score (nSPS) is 13.5. The van der Waals surface area contributed by atoms with Gasteiger partial charge in [-0.25, -0.2) is 30.2 Å². The van der Waals surface area contributed by atoms with Crippen LogP contribution in [0, 0.1) is 11.8 Å². The van der Waals surface area contributed by atoms with E-state index in [9.17, 15) is 31.2 Å². The molecular formula is C29H44N6O7S2. The molecule has 0 fully saturated rings. The van der Waals surface area contributed by atoms with Crippen LogP contribution in [0.25, 0.3) is 0 Å². The maximum Gasteiger partial charge on any atom is 0.316 e. The molecule has 13 nitrogen and oxygen atoms in total. The first-order valence-electron chi connectivity index (χ1n) is 14.1. The van der Waals surface area contributed by atoms with Gasteiger partial charge in [0.1, 0.15) is 12.1 Å². The monoisotopic (exact) mass is 652 g/mol. The molecule has 0 heterocycles. The average molecular weight is 653 g/mol. The van der Waals surface area contributed by atoms with Crippen molar-refractivity contribution in [2.24, 2.45) is 11.8 Å². The van der Waals surface area contributed by atoms with E-state index >= 15 is 0 Å². The van der Waals surface area contributed by atoms with Crippen LogP contribution < -0.4 is 21.3 Å². The Bertz CT molecular complexity index is 1390. The number of anilines is 2. The largest absolute Gasteiger partial charge is 0.326 e. The summed E-state index contributed by atoms with van der Waals surface area (Å²) < 4.78 is 51.5. The van der Waals surface area contributed by atoms with Crippen molar-refractivity contribution < 1.29 is 31.2 Å². The first kappa shape index (κ1) is 36.7. The third kappa shape index (κ3) is 10.3. The van der Waals surface area contributed by atoms with Gasteiger partial charge in [0.2, 0.25) is 31.9 Å². The van der Waals surface area contributed by atoms with Crippen LogP contribution in [0.1, 0.15) is 40.5 Å². The van der Waals surface area contributed by atoms with E-state index in [-0.39, 0.29) is 21.6 Å². The van der Waals surface area contributed by atoms with Gasteiger partial charge in [0.25, 0.3) is 0 Å². The molecule has 0 aliphatic heterocycles. The van der Waals surface area contributed by atoms with Crippen LogP contribution in [-0.2, 0) is 29.6 Å². The minimum absolute atomic E-state index is 0.0349. The summed E-state index contributed by atoms with van der Waals surface area (Å²) in [6.07, 6.45) is 0.602. The van der Waals surface area contributed by atoms with Crippen molar-refractivity contribution in [2.45, 2.75) is 62.4 Å². The Morgan fingerprint density at radius 1 is 0.591 bits per heavy atom. The third-order valence-electron chi connectivity index (χ3n) is 6.46. The van der Waals surface area contributed by atoms with Crippen molar-refractivity contribution in [3.8, 4) is 0 Å². The lowest BCUT2D eigenvalue weighted by atomic mass is 10.0. The van der Waals surface area contributed by atoms with Crippen LogP contribution in [-0.4, -0.2) is 83.6 Å². The van der Waals surface area contributed by atoms with Crippen molar-refractivity contribution in [1.29, 1.82) is 0 Å². The van der Waals surface area contributed by atoms with Gasteiger partial charge in [0, 0.05) is 39.6 Å². The maximum atomic E-state index is 13.1. The van der Waals surface area contributed by atoms with Crippen LogP contribution in [0.2, 0.25) is 0 Å². The Labute approximate surface area is 260 Å². The highest BCUT2D eigenvalue weighted by Gasteiger charge is 2.27. The molecule has 2 aromatic rings. The second kappa shape index (κ2) is 15.5. The zero-order chi connectivity index (χ0) is 33.4. The fourth-order valence-corrected chi connectivity index (χ4v) is 5.87. The number of hydrogen-bond acceptors (Lipinski definition) is 7. The molecule has 0 saturated carbocycles. The van der Waals surface area contributed by atoms with Crippen LogP contribution in [0.15, 0.2) is 58.3 Å². The Hall–Kier alpha value is -3.53. The fourth-order valence-electron chi connectivity index (χ4n) is 4.06. The molecule has 2 atom stereocenters. The Balaban J connectivity index is 2.14. The van der Waals surface area contributed by atoms with E-state index in [1.807, 2.05) is 27.7 Å². The Morgan fingerprint density at radius 2 is 0.886 bits per heavy atom. The maximum absolute atomic E-state index is 13.1. The Morgan fingerprint density at radius 3 is 1.14 bits per heavy atom. The number of nitrogens with one attached hydrogen (secondary N) is 4. The summed E-state index contributed by atoms with van der Waals surface area (Å²) in [5.74, 6) is -0.940. The summed E-state index contributed by atoms with van der Waals surface area (Å²) in [4.78, 5) is 39.5. The van der Waals surface area contributed by atoms with Gasteiger partial charge in [0.15, 0.2) is 0 Å². The number of urea groups is 1. The minimum atomic E-state index is -3.63. The minimum Gasteiger partial charge on any atom is -0.326 e. The van der Waals surface area contributed by atoms with Crippen molar-refractivity contribution in [3.05, 3.63) is 48.5 Å². The summed E-state index contributed by atoms with van der Waals surface area (Å²) in [5, 5.41) is 10.7. The molecule has 4 amide bonds. The summed E-state index contributed by atoms with van der Waals surface area (Å²) in [6.45, 7) is 7.57. The summed E-state index contributed by atoms with van der Waals surface area (Å²) in [7, 11) is -1.57. The van der Waals surface area contributed by atoms with Gasteiger partial charge < -0.3 is 21.3 Å². The second-order valence-corrected chi connectivity index (χ2v) is 15.9. The number of nitrogens with zero attached hydrogens (tertiary/aromatic N) is 2. The number of carbonyl (C=O) groups excluding carboxylic acids is 3. The molecule has 0 aliphatic rings. The molecule has 0 aromatic heterocycles. The molecule has 0 bridgehead atoms. The van der Waals surface area contributed by atoms with Crippen LogP contribution in [0.4, 0.5) is 16.2 Å². The van der Waals surface area contributed by atoms with Gasteiger partial charge in [-0.15, -0.1) is 0 Å². The quantitative estimate of drug-likeness (QED) is 0.243. The summed E-state index contributed by atoms with van der Waals surface area (Å²) in [5.41, 5.74) is 0.704. The smallest absolute Gasteiger partial charge is 0.316 e. The lowest BCUT2D eigenvalue weighted by molar-refractivity contribution is -0.118. The second-order valence-electron chi connectivity index (χ2n) is 11.6. The highest BCUT2D eigenvalue weighted by molar-refractivity contribution is 7.89. The zero-order valence-corrected chi connectivity index (χ0v) is 28.0. The molecule has 15 heteroatoms. The summed E-state index contributed by atoms with van der Waals surface area (Å²) in [6, 6.07) is 8.77. The zero-order valence-electron chi connectivity index (χ0n) is 26.4. The fraction of sp³-hybridized carbons (Fsp3) is 0.483. The van der Waals surface area contributed by atoms with E-state index in [0.29, 0.717) is 24.2 Å². The predicted molar refractivity (Wildman–Crippen MR) is 170 cm³/mol. The van der Waals surface area contributed by atoms with Gasteiger partial charge in [-0.05, 0) is 73.2 Å². The highest BCUT2D eigenvalue weighted by atomic mass is 32.2. The van der Waals surface area contributed by atoms with Crippen LogP contribution >= 0.6 is 0 Å². The molecular weight excluding hydrogens is 608 g/mol. The molecule has 44 heavy (non-hydrogen) atoms. The van der Waals surface area contributed by atoms with Crippen molar-refractivity contribution >= 4 is 49.3 Å². The van der Waals surface area contributed by atoms with Gasteiger partial charge in [-0.3, -0.25) is 9.59 Å². The standard InChI is InChI=1S/C29H44N6O7S2/c1-19(2)17-25(27(36)30-21-9-13-23(14-10-21)43(39,40)34(5)6)32-29(38)33-26(18-20(3)4)28(37)31-22-11-15-24(16-12-22)44(41,42)35(7)8/h9-16,19-20,25-26H,17-18H2,1-8H3,(H,30,36)(H,31,37)(H2,32,33,38)/t25-,26-/m0/s1. The summed E-state index contributed by atoms with van der Waals surface area (Å²) >= 11 is 0. The van der Waals surface area contributed by atoms with E-state index in [0.717, 1.165) is 8.61 Å². The highest BCUT2D eigenvalue weighted by Crippen LogP contribution is 2.19. The molecule has 0 radical (unpaired) electrons. The van der Waals surface area contributed by atoms with Crippen LogP contribution in [0.5, 0.6) is 0 Å². The Kier molecular flexibility index (Phi) is 12.9. The predicted octanol–water partition coefficient (Wildman–Crippen LogP) is 2.89. The first-order chi connectivity index (χ1) is 20.3. The lowest BCUT2D eigenvalue weighted by Crippen LogP contribution is -2.53. The lowest BCUT2D eigenvalue weighted by Gasteiger charge is -2.24. The number of carbonyl (C=O) groups is 3. The third-order valence-corrected chi connectivity index (χ3v) is 10.1. The van der Waals surface area contributed by atoms with Gasteiger partial charge in [0.05, 0.1) is 9.79 Å². The molecule has 0 aliphatic carbocycles. The molecule has 0 unspecified atom stereocenters. The van der Waals surface area contributed by atoms with Gasteiger partial charge in [-0.1, -0.05) is 27.7 Å². The van der Waals surface area contributed by atoms with Gasteiger partial charge >= 0.3 is 6.03 Å². The van der Waals surface area contributed by atoms with Gasteiger partial charge in [-0.2, -0.15) is 0 Å². The average Bonchev–Trinajstić information content (AvgIpc) is 2.92. The molecule has 244 valence electrons. The SMILES string of the molecule is CC(C)C[C@H](NC(=O)N[C@@H](CC(C)C)C(=O)Nc1ccc(S(=O)(=O)N(C)C)cc1)C(=O)Nc1ccc(S(=O)(=O)N(C)C)cc1. The van der Waals surface area contributed by atoms with Crippen molar-refractivity contribution in [3.63, 3.8) is 0 Å². The number of amides is 4. The molecule has 2 aromatic carbocycles. The van der Waals surface area contributed by atoms with Crippen molar-refractivity contribution in [1.82, 2.24) is 19.2 Å². The molecule has 4 N–H and O–H groups in total. The first-order valence-corrected chi connectivity index (χ1v) is 17.0. The number of sulfonamides is 2. The van der Waals surface area contributed by atoms with Crippen LogP contribution in [0.3, 0.4) is 0 Å². The van der Waals surface area contributed by atoms with E-state index in [4.69, 9.17) is 0 Å². The number of benzene rings is 2. The molecule has 0 spiro atoms. The topological polar surface area (TPSA) is 174 Å². The number of rotatable bonds is 14. The molecule has 2 rings (SSSR count). The van der Waals surface area contributed by atoms with E-state index in [1.165, 1.54) is 76.7 Å². The van der Waals surface area contributed by atoms with E-state index in [2.05, 4.69) is 21.3 Å². The van der Waals surface area contributed by atoms with E-state index in [1.54, 1.807) is 0 Å². The number of hydrogen-bond donors (Lipinski definition) is 4. The van der Waals surface area contributed by atoms with E-state index < -0.39 is 50.0 Å².